The minimum absolute atomic E-state index is 0.471. The Morgan fingerprint density at radius 2 is 2.00 bits per heavy atom. The highest BCUT2D eigenvalue weighted by molar-refractivity contribution is 5.30. The van der Waals surface area contributed by atoms with Crippen LogP contribution in [0.25, 0.3) is 0 Å². The minimum Gasteiger partial charge on any atom is -0.469 e. The summed E-state index contributed by atoms with van der Waals surface area (Å²) in [6.45, 7) is 6.45. The van der Waals surface area contributed by atoms with Crippen LogP contribution in [0.3, 0.4) is 0 Å². The normalized spacial score (nSPS) is 12.5. The maximum absolute atomic E-state index is 5.50. The summed E-state index contributed by atoms with van der Waals surface area (Å²) in [5.41, 5.74) is 2.78. The number of furan rings is 1. The van der Waals surface area contributed by atoms with Gasteiger partial charge in [0, 0.05) is 18.9 Å². The maximum atomic E-state index is 5.50. The molecule has 0 aliphatic carbocycles. The Bertz CT molecular complexity index is 476. The Morgan fingerprint density at radius 3 is 2.68 bits per heavy atom. The van der Waals surface area contributed by atoms with E-state index in [2.05, 4.69) is 49.5 Å². The van der Waals surface area contributed by atoms with Crippen LogP contribution in [-0.4, -0.2) is 13.1 Å². The molecule has 1 unspecified atom stereocenters. The van der Waals surface area contributed by atoms with E-state index in [4.69, 9.17) is 4.42 Å². The van der Waals surface area contributed by atoms with Crippen LogP contribution in [0, 0.1) is 6.92 Å². The predicted molar refractivity (Wildman–Crippen MR) is 79.5 cm³/mol. The first kappa shape index (κ1) is 13.9. The molecule has 0 aliphatic rings. The van der Waals surface area contributed by atoms with Crippen molar-refractivity contribution in [1.29, 1.82) is 0 Å². The third-order valence-electron chi connectivity index (χ3n) is 3.47. The molecule has 0 aliphatic heterocycles. The number of aryl methyl sites for hydroxylation is 1. The Balaban J connectivity index is 2.11. The molecule has 0 spiro atoms. The standard InChI is InChI=1S/C17H23NO/c1-3-10-18-13-15(12-16-8-6-11-19-16)17-9-5-4-7-14(17)2/h4-9,11,15,18H,3,10,12-13H2,1-2H3. The van der Waals surface area contributed by atoms with Crippen molar-refractivity contribution in [3.05, 3.63) is 59.5 Å². The molecule has 0 fully saturated rings. The van der Waals surface area contributed by atoms with E-state index in [1.54, 1.807) is 6.26 Å². The molecule has 102 valence electrons. The van der Waals surface area contributed by atoms with Crippen LogP contribution in [0.5, 0.6) is 0 Å². The van der Waals surface area contributed by atoms with Crippen molar-refractivity contribution in [1.82, 2.24) is 5.32 Å². The van der Waals surface area contributed by atoms with Crippen LogP contribution in [0.4, 0.5) is 0 Å². The third-order valence-corrected chi connectivity index (χ3v) is 3.47. The zero-order chi connectivity index (χ0) is 13.5. The third kappa shape index (κ3) is 3.97. The van der Waals surface area contributed by atoms with E-state index < -0.39 is 0 Å². The Hall–Kier alpha value is -1.54. The maximum Gasteiger partial charge on any atom is 0.104 e. The van der Waals surface area contributed by atoms with Gasteiger partial charge < -0.3 is 9.73 Å². The zero-order valence-electron chi connectivity index (χ0n) is 11.9. The monoisotopic (exact) mass is 257 g/mol. The fourth-order valence-corrected chi connectivity index (χ4v) is 2.46. The molecule has 2 heteroatoms. The van der Waals surface area contributed by atoms with Crippen LogP contribution in [0.2, 0.25) is 0 Å². The van der Waals surface area contributed by atoms with Crippen LogP contribution in [0.1, 0.15) is 36.1 Å². The molecule has 19 heavy (non-hydrogen) atoms. The van der Waals surface area contributed by atoms with Crippen LogP contribution < -0.4 is 5.32 Å². The topological polar surface area (TPSA) is 25.2 Å². The molecule has 1 heterocycles. The summed E-state index contributed by atoms with van der Waals surface area (Å²) in [6.07, 6.45) is 3.87. The summed E-state index contributed by atoms with van der Waals surface area (Å²) < 4.78 is 5.50. The number of rotatable bonds is 7. The predicted octanol–water partition coefficient (Wildman–Crippen LogP) is 3.91. The van der Waals surface area contributed by atoms with Crippen molar-refractivity contribution < 1.29 is 4.42 Å². The Morgan fingerprint density at radius 1 is 1.16 bits per heavy atom. The molecule has 1 aromatic carbocycles. The quantitative estimate of drug-likeness (QED) is 0.761. The zero-order valence-corrected chi connectivity index (χ0v) is 11.9. The molecule has 1 atom stereocenters. The number of benzene rings is 1. The van der Waals surface area contributed by atoms with Gasteiger partial charge in [-0.3, -0.25) is 0 Å². The van der Waals surface area contributed by atoms with E-state index >= 15 is 0 Å². The molecule has 2 rings (SSSR count). The van der Waals surface area contributed by atoms with Crippen molar-refractivity contribution in [2.45, 2.75) is 32.6 Å². The number of hydrogen-bond donors (Lipinski definition) is 1. The molecule has 0 bridgehead atoms. The van der Waals surface area contributed by atoms with Gasteiger partial charge in [0.15, 0.2) is 0 Å². The highest BCUT2D eigenvalue weighted by Crippen LogP contribution is 2.23. The fourth-order valence-electron chi connectivity index (χ4n) is 2.46. The molecule has 0 radical (unpaired) electrons. The van der Waals surface area contributed by atoms with E-state index in [1.165, 1.54) is 17.5 Å². The highest BCUT2D eigenvalue weighted by atomic mass is 16.3. The SMILES string of the molecule is CCCNCC(Cc1ccco1)c1ccccc1C. The van der Waals surface area contributed by atoms with E-state index in [0.717, 1.165) is 25.3 Å². The molecule has 0 amide bonds. The molecular weight excluding hydrogens is 234 g/mol. The van der Waals surface area contributed by atoms with Gasteiger partial charge in [0.1, 0.15) is 5.76 Å². The lowest BCUT2D eigenvalue weighted by molar-refractivity contribution is 0.472. The molecule has 0 saturated heterocycles. The molecule has 2 nitrogen and oxygen atoms in total. The van der Waals surface area contributed by atoms with Gasteiger partial charge >= 0.3 is 0 Å². The second-order valence-corrected chi connectivity index (χ2v) is 5.04. The molecule has 2 aromatic rings. The lowest BCUT2D eigenvalue weighted by Crippen LogP contribution is -2.24. The van der Waals surface area contributed by atoms with Crippen LogP contribution in [-0.2, 0) is 6.42 Å². The second-order valence-electron chi connectivity index (χ2n) is 5.04. The summed E-state index contributed by atoms with van der Waals surface area (Å²) in [4.78, 5) is 0. The summed E-state index contributed by atoms with van der Waals surface area (Å²) in [6, 6.07) is 12.7. The van der Waals surface area contributed by atoms with Gasteiger partial charge in [-0.05, 0) is 43.1 Å². The van der Waals surface area contributed by atoms with Crippen LogP contribution >= 0.6 is 0 Å². The second kappa shape index (κ2) is 7.15. The first-order valence-corrected chi connectivity index (χ1v) is 7.10. The smallest absolute Gasteiger partial charge is 0.104 e. The van der Waals surface area contributed by atoms with Crippen molar-refractivity contribution in [2.75, 3.05) is 13.1 Å². The summed E-state index contributed by atoms with van der Waals surface area (Å²) in [5.74, 6) is 1.53. The van der Waals surface area contributed by atoms with Gasteiger partial charge in [0.2, 0.25) is 0 Å². The first-order valence-electron chi connectivity index (χ1n) is 7.10. The van der Waals surface area contributed by atoms with Crippen molar-refractivity contribution >= 4 is 0 Å². The minimum atomic E-state index is 0.471. The number of nitrogens with one attached hydrogen (secondary N) is 1. The van der Waals surface area contributed by atoms with E-state index in [0.29, 0.717) is 5.92 Å². The van der Waals surface area contributed by atoms with E-state index in [1.807, 2.05) is 6.07 Å². The molecule has 1 aromatic heterocycles. The summed E-state index contributed by atoms with van der Waals surface area (Å²) >= 11 is 0. The average Bonchev–Trinajstić information content (AvgIpc) is 2.91. The van der Waals surface area contributed by atoms with Crippen molar-refractivity contribution in [3.8, 4) is 0 Å². The van der Waals surface area contributed by atoms with E-state index in [-0.39, 0.29) is 0 Å². The Kier molecular flexibility index (Phi) is 5.22. The molecular formula is C17H23NO. The van der Waals surface area contributed by atoms with E-state index in [9.17, 15) is 0 Å². The van der Waals surface area contributed by atoms with Gasteiger partial charge in [-0.2, -0.15) is 0 Å². The van der Waals surface area contributed by atoms with Gasteiger partial charge in [0.05, 0.1) is 6.26 Å². The van der Waals surface area contributed by atoms with Gasteiger partial charge in [-0.1, -0.05) is 31.2 Å². The fraction of sp³-hybridized carbons (Fsp3) is 0.412. The largest absolute Gasteiger partial charge is 0.469 e. The van der Waals surface area contributed by atoms with Gasteiger partial charge in [-0.15, -0.1) is 0 Å². The molecule has 1 N–H and O–H groups in total. The van der Waals surface area contributed by atoms with Crippen LogP contribution in [0.15, 0.2) is 47.1 Å². The Labute approximate surface area is 115 Å². The first-order chi connectivity index (χ1) is 9.31. The summed E-state index contributed by atoms with van der Waals surface area (Å²) in [7, 11) is 0. The highest BCUT2D eigenvalue weighted by Gasteiger charge is 2.15. The molecule has 0 saturated carbocycles. The van der Waals surface area contributed by atoms with Crippen molar-refractivity contribution in [2.24, 2.45) is 0 Å². The van der Waals surface area contributed by atoms with Crippen molar-refractivity contribution in [3.63, 3.8) is 0 Å². The average molecular weight is 257 g/mol. The van der Waals surface area contributed by atoms with Gasteiger partial charge in [0.25, 0.3) is 0 Å². The lowest BCUT2D eigenvalue weighted by atomic mass is 9.91. The van der Waals surface area contributed by atoms with Gasteiger partial charge in [-0.25, -0.2) is 0 Å². The number of hydrogen-bond acceptors (Lipinski definition) is 2. The lowest BCUT2D eigenvalue weighted by Gasteiger charge is -2.19. The summed E-state index contributed by atoms with van der Waals surface area (Å²) in [5, 5.41) is 3.53.